The Bertz CT molecular complexity index is 400. The van der Waals surface area contributed by atoms with Crippen LogP contribution in [0.5, 0.6) is 0 Å². The first-order valence-electron chi connectivity index (χ1n) is 8.54. The lowest BCUT2D eigenvalue weighted by Crippen LogP contribution is -2.61. The summed E-state index contributed by atoms with van der Waals surface area (Å²) in [6, 6.07) is 0. The molecule has 1 saturated heterocycles. The highest BCUT2D eigenvalue weighted by molar-refractivity contribution is 7.80. The molecule has 7 N–H and O–H groups in total. The van der Waals surface area contributed by atoms with Crippen molar-refractivity contribution in [3.63, 3.8) is 0 Å². The van der Waals surface area contributed by atoms with Crippen molar-refractivity contribution >= 4 is 12.6 Å². The van der Waals surface area contributed by atoms with Crippen molar-refractivity contribution in [2.24, 2.45) is 0 Å². The molecule has 0 aliphatic carbocycles. The molecule has 0 aromatic carbocycles. The number of aliphatic hydroxyl groups excluding tert-OH is 7. The lowest BCUT2D eigenvalue weighted by atomic mass is 9.99. The molecule has 1 rings (SSSR count). The molecule has 0 radical (unpaired) electrons. The van der Waals surface area contributed by atoms with Crippen LogP contribution in [0.2, 0.25) is 0 Å². The minimum absolute atomic E-state index is 0.128. The van der Waals surface area contributed by atoms with Gasteiger partial charge in [-0.2, -0.15) is 12.6 Å². The van der Waals surface area contributed by atoms with Gasteiger partial charge in [0, 0.05) is 5.75 Å². The Labute approximate surface area is 162 Å². The average molecular weight is 418 g/mol. The van der Waals surface area contributed by atoms with Gasteiger partial charge in [0.25, 0.3) is 0 Å². The summed E-state index contributed by atoms with van der Waals surface area (Å²) < 4.78 is 21.3. The maximum Gasteiger partial charge on any atom is 0.186 e. The zero-order chi connectivity index (χ0) is 20.6. The molecule has 0 spiro atoms. The van der Waals surface area contributed by atoms with Gasteiger partial charge in [-0.25, -0.2) is 0 Å². The van der Waals surface area contributed by atoms with Gasteiger partial charge >= 0.3 is 0 Å². The Morgan fingerprint density at radius 1 is 1.07 bits per heavy atom. The quantitative estimate of drug-likeness (QED) is 0.115. The summed E-state index contributed by atoms with van der Waals surface area (Å²) >= 11 is 3.96. The molecule has 0 saturated carbocycles. The second-order valence-electron chi connectivity index (χ2n) is 6.12. The normalized spacial score (nSPS) is 33.4. The Hall–Kier alpha value is -0.0900. The molecular formula is C15H30O11S. The van der Waals surface area contributed by atoms with Crippen LogP contribution < -0.4 is 0 Å². The first-order chi connectivity index (χ1) is 12.8. The van der Waals surface area contributed by atoms with E-state index in [4.69, 9.17) is 18.9 Å². The van der Waals surface area contributed by atoms with Crippen LogP contribution >= 0.6 is 12.6 Å². The minimum atomic E-state index is -1.60. The van der Waals surface area contributed by atoms with Crippen molar-refractivity contribution in [2.45, 2.75) is 62.2 Å². The standard InChI is InChI=1S/C15H30O11S/c1-7(19)9(5-17)24-14(8(20)4-16)26-13-10(6-18)25-15(23-2-3-27)12(22)11(13)21/h7-22,27H,2-6H2,1H3/t7-,8+,9?,10?,11-,12?,13-,14+,15-/m1/s1. The first kappa shape index (κ1) is 24.9. The first-order valence-corrected chi connectivity index (χ1v) is 9.17. The van der Waals surface area contributed by atoms with Crippen LogP contribution in [0.1, 0.15) is 6.92 Å². The highest BCUT2D eigenvalue weighted by Gasteiger charge is 2.47. The van der Waals surface area contributed by atoms with Crippen LogP contribution in [-0.4, -0.2) is 123 Å². The third-order valence-electron chi connectivity index (χ3n) is 4.01. The molecule has 12 heteroatoms. The summed E-state index contributed by atoms with van der Waals surface area (Å²) in [6.45, 7) is -0.539. The van der Waals surface area contributed by atoms with E-state index >= 15 is 0 Å². The third kappa shape index (κ3) is 7.03. The summed E-state index contributed by atoms with van der Waals surface area (Å²) in [6.07, 6.45) is -12.3. The fraction of sp³-hybridized carbons (Fsp3) is 1.00. The summed E-state index contributed by atoms with van der Waals surface area (Å²) in [5.74, 6) is 0.340. The van der Waals surface area contributed by atoms with Gasteiger partial charge in [0.15, 0.2) is 12.6 Å². The summed E-state index contributed by atoms with van der Waals surface area (Å²) in [4.78, 5) is 0. The van der Waals surface area contributed by atoms with Crippen LogP contribution in [0.15, 0.2) is 0 Å². The minimum Gasteiger partial charge on any atom is -0.394 e. The van der Waals surface area contributed by atoms with Crippen LogP contribution in [-0.2, 0) is 18.9 Å². The summed E-state index contributed by atoms with van der Waals surface area (Å²) in [7, 11) is 0. The second kappa shape index (κ2) is 12.5. The largest absolute Gasteiger partial charge is 0.394 e. The van der Waals surface area contributed by atoms with Crippen molar-refractivity contribution in [3.8, 4) is 0 Å². The van der Waals surface area contributed by atoms with Crippen molar-refractivity contribution in [2.75, 3.05) is 32.2 Å². The highest BCUT2D eigenvalue weighted by Crippen LogP contribution is 2.26. The Morgan fingerprint density at radius 2 is 1.74 bits per heavy atom. The monoisotopic (exact) mass is 418 g/mol. The Morgan fingerprint density at radius 3 is 2.22 bits per heavy atom. The van der Waals surface area contributed by atoms with Gasteiger partial charge in [0.05, 0.1) is 32.5 Å². The van der Waals surface area contributed by atoms with Crippen molar-refractivity contribution < 1.29 is 54.7 Å². The second-order valence-corrected chi connectivity index (χ2v) is 6.57. The van der Waals surface area contributed by atoms with Crippen LogP contribution in [0, 0.1) is 0 Å². The predicted octanol–water partition coefficient (Wildman–Crippen LogP) is -3.81. The van der Waals surface area contributed by atoms with Gasteiger partial charge in [-0.3, -0.25) is 0 Å². The molecule has 0 amide bonds. The van der Waals surface area contributed by atoms with E-state index < -0.39 is 75.1 Å². The van der Waals surface area contributed by atoms with E-state index in [1.807, 2.05) is 0 Å². The smallest absolute Gasteiger partial charge is 0.186 e. The molecular weight excluding hydrogens is 388 g/mol. The van der Waals surface area contributed by atoms with Crippen LogP contribution in [0.4, 0.5) is 0 Å². The zero-order valence-corrected chi connectivity index (χ0v) is 15.8. The van der Waals surface area contributed by atoms with Crippen molar-refractivity contribution in [1.82, 2.24) is 0 Å². The maximum absolute atomic E-state index is 10.3. The van der Waals surface area contributed by atoms with Gasteiger partial charge < -0.3 is 54.7 Å². The number of hydrogen-bond acceptors (Lipinski definition) is 12. The van der Waals surface area contributed by atoms with Gasteiger partial charge in [0.1, 0.15) is 36.6 Å². The topological polar surface area (TPSA) is 179 Å². The molecule has 1 aliphatic heterocycles. The Balaban J connectivity index is 2.91. The number of thiol groups is 1. The lowest BCUT2D eigenvalue weighted by molar-refractivity contribution is -0.341. The molecule has 0 aromatic heterocycles. The van der Waals surface area contributed by atoms with Crippen LogP contribution in [0.3, 0.4) is 0 Å². The molecule has 162 valence electrons. The fourth-order valence-electron chi connectivity index (χ4n) is 2.46. The molecule has 1 heterocycles. The fourth-order valence-corrected chi connectivity index (χ4v) is 2.57. The average Bonchev–Trinajstić information content (AvgIpc) is 2.66. The van der Waals surface area contributed by atoms with E-state index in [2.05, 4.69) is 12.6 Å². The molecule has 27 heavy (non-hydrogen) atoms. The zero-order valence-electron chi connectivity index (χ0n) is 14.9. The van der Waals surface area contributed by atoms with E-state index in [0.717, 1.165) is 0 Å². The van der Waals surface area contributed by atoms with Gasteiger partial charge in [0.2, 0.25) is 0 Å². The SMILES string of the molecule is C[C@@H](O)C(CO)O[C@@H](O[C@@H]1C(CO)O[C@@H](OCCS)C(O)[C@H]1O)[C@@H](O)CO. The highest BCUT2D eigenvalue weighted by atomic mass is 32.1. The Kier molecular flexibility index (Phi) is 11.5. The molecule has 11 nitrogen and oxygen atoms in total. The third-order valence-corrected chi connectivity index (χ3v) is 4.20. The van der Waals surface area contributed by atoms with E-state index in [9.17, 15) is 35.7 Å². The number of hydrogen-bond donors (Lipinski definition) is 8. The number of rotatable bonds is 12. The summed E-state index contributed by atoms with van der Waals surface area (Å²) in [5, 5.41) is 68.0. The lowest BCUT2D eigenvalue weighted by Gasteiger charge is -2.43. The van der Waals surface area contributed by atoms with Gasteiger partial charge in [-0.1, -0.05) is 0 Å². The van der Waals surface area contributed by atoms with E-state index in [-0.39, 0.29) is 6.61 Å². The molecule has 1 fully saturated rings. The van der Waals surface area contributed by atoms with E-state index in [1.54, 1.807) is 0 Å². The van der Waals surface area contributed by atoms with E-state index in [0.29, 0.717) is 5.75 Å². The number of aliphatic hydroxyl groups is 7. The molecule has 1 aliphatic rings. The van der Waals surface area contributed by atoms with Gasteiger partial charge in [-0.05, 0) is 6.92 Å². The van der Waals surface area contributed by atoms with Crippen LogP contribution in [0.25, 0.3) is 0 Å². The number of ether oxygens (including phenoxy) is 4. The molecule has 0 bridgehead atoms. The molecule has 9 atom stereocenters. The van der Waals surface area contributed by atoms with E-state index in [1.165, 1.54) is 6.92 Å². The van der Waals surface area contributed by atoms with Crippen molar-refractivity contribution in [3.05, 3.63) is 0 Å². The molecule has 0 aromatic rings. The summed E-state index contributed by atoms with van der Waals surface area (Å²) in [5.41, 5.74) is 0. The van der Waals surface area contributed by atoms with Gasteiger partial charge in [-0.15, -0.1) is 0 Å². The molecule has 3 unspecified atom stereocenters. The predicted molar refractivity (Wildman–Crippen MR) is 93.0 cm³/mol. The maximum atomic E-state index is 10.3. The van der Waals surface area contributed by atoms with Crippen molar-refractivity contribution in [1.29, 1.82) is 0 Å².